The third-order valence-electron chi connectivity index (χ3n) is 3.65. The number of nitrogens with one attached hydrogen (secondary N) is 3. The van der Waals surface area contributed by atoms with E-state index in [1.807, 2.05) is 4.90 Å². The first-order valence-corrected chi connectivity index (χ1v) is 9.54. The molecule has 0 saturated carbocycles. The highest BCUT2D eigenvalue weighted by atomic mass is 79.9. The van der Waals surface area contributed by atoms with Crippen molar-refractivity contribution in [2.45, 2.75) is 32.1 Å². The van der Waals surface area contributed by atoms with Crippen LogP contribution in [0.1, 0.15) is 41.8 Å². The van der Waals surface area contributed by atoms with Gasteiger partial charge in [0.1, 0.15) is 0 Å². The number of hydrogen-bond donors (Lipinski definition) is 3. The van der Waals surface area contributed by atoms with Gasteiger partial charge in [0, 0.05) is 26.1 Å². The molecule has 1 saturated heterocycles. The fourth-order valence-corrected chi connectivity index (χ4v) is 3.68. The maximum absolute atomic E-state index is 11.8. The zero-order valence-corrected chi connectivity index (χ0v) is 15.7. The van der Waals surface area contributed by atoms with E-state index in [0.717, 1.165) is 29.6 Å². The molecule has 1 aromatic rings. The van der Waals surface area contributed by atoms with Gasteiger partial charge in [0.25, 0.3) is 5.91 Å². The minimum absolute atomic E-state index is 0.200. The van der Waals surface area contributed by atoms with Crippen molar-refractivity contribution in [1.29, 1.82) is 0 Å². The first-order chi connectivity index (χ1) is 11.6. The molecular weight excluding hydrogens is 396 g/mol. The van der Waals surface area contributed by atoms with Crippen LogP contribution >= 0.6 is 27.3 Å². The fraction of sp³-hybridized carbons (Fsp3) is 0.533. The maximum Gasteiger partial charge on any atom is 0.333 e. The molecule has 0 aromatic carbocycles. The van der Waals surface area contributed by atoms with Crippen molar-refractivity contribution < 1.29 is 14.4 Å². The number of carbonyl (C=O) groups is 3. The van der Waals surface area contributed by atoms with Gasteiger partial charge in [-0.2, -0.15) is 0 Å². The highest BCUT2D eigenvalue weighted by molar-refractivity contribution is 9.11. The van der Waals surface area contributed by atoms with Crippen LogP contribution in [0, 0.1) is 0 Å². The maximum atomic E-state index is 11.8. The predicted molar refractivity (Wildman–Crippen MR) is 95.7 cm³/mol. The average molecular weight is 417 g/mol. The molecular formula is C15H21BrN4O3S. The van der Waals surface area contributed by atoms with Crippen LogP contribution in [0.5, 0.6) is 0 Å². The number of urea groups is 1. The van der Waals surface area contributed by atoms with Crippen molar-refractivity contribution in [3.63, 3.8) is 0 Å². The van der Waals surface area contributed by atoms with E-state index in [1.54, 1.807) is 12.1 Å². The quantitative estimate of drug-likeness (QED) is 0.507. The highest BCUT2D eigenvalue weighted by Gasteiger charge is 2.15. The van der Waals surface area contributed by atoms with E-state index >= 15 is 0 Å². The summed E-state index contributed by atoms with van der Waals surface area (Å²) in [5, 5.41) is 2.66. The Morgan fingerprint density at radius 1 is 1.21 bits per heavy atom. The predicted octanol–water partition coefficient (Wildman–Crippen LogP) is 2.25. The molecule has 9 heteroatoms. The Labute approximate surface area is 153 Å². The van der Waals surface area contributed by atoms with Crippen LogP contribution in [0.25, 0.3) is 0 Å². The Kier molecular flexibility index (Phi) is 7.51. The van der Waals surface area contributed by atoms with Crippen LogP contribution in [0.2, 0.25) is 0 Å². The Morgan fingerprint density at radius 3 is 2.79 bits per heavy atom. The second-order valence-electron chi connectivity index (χ2n) is 5.48. The minimum Gasteiger partial charge on any atom is -0.343 e. The summed E-state index contributed by atoms with van der Waals surface area (Å²) < 4.78 is 0.847. The minimum atomic E-state index is -0.471. The van der Waals surface area contributed by atoms with Crippen LogP contribution in [0.15, 0.2) is 15.9 Å². The summed E-state index contributed by atoms with van der Waals surface area (Å²) in [6.07, 6.45) is 4.42. The lowest BCUT2D eigenvalue weighted by Crippen LogP contribution is -2.47. The molecule has 3 N–H and O–H groups in total. The summed E-state index contributed by atoms with van der Waals surface area (Å²) in [5.74, 6) is -0.165. The Morgan fingerprint density at radius 2 is 2.04 bits per heavy atom. The lowest BCUT2D eigenvalue weighted by molar-refractivity contribution is -0.130. The zero-order valence-electron chi connectivity index (χ0n) is 13.3. The van der Waals surface area contributed by atoms with E-state index in [1.165, 1.54) is 11.3 Å². The molecule has 1 fully saturated rings. The second kappa shape index (κ2) is 9.63. The molecule has 1 aromatic heterocycles. The normalized spacial score (nSPS) is 14.9. The molecule has 0 atom stereocenters. The molecule has 132 valence electrons. The molecule has 0 aliphatic carbocycles. The molecule has 1 aliphatic heterocycles. The van der Waals surface area contributed by atoms with E-state index in [4.69, 9.17) is 0 Å². The first kappa shape index (κ1) is 18.7. The summed E-state index contributed by atoms with van der Waals surface area (Å²) in [6, 6.07) is 2.97. The van der Waals surface area contributed by atoms with Crippen molar-refractivity contribution in [1.82, 2.24) is 21.1 Å². The monoisotopic (exact) mass is 416 g/mol. The standard InChI is InChI=1S/C15H21BrN4O3S/c16-12-7-6-11(24-12)14(22)18-19-15(23)17-8-4-10-20-9-3-1-2-5-13(20)21/h6-7H,1-5,8-10H2,(H,18,22)(H2,17,19,23). The number of amides is 4. The van der Waals surface area contributed by atoms with Gasteiger partial charge >= 0.3 is 6.03 Å². The van der Waals surface area contributed by atoms with E-state index < -0.39 is 6.03 Å². The number of halogens is 1. The molecule has 2 heterocycles. The van der Waals surface area contributed by atoms with Crippen molar-refractivity contribution in [3.05, 3.63) is 20.8 Å². The lowest BCUT2D eigenvalue weighted by Gasteiger charge is -2.20. The molecule has 7 nitrogen and oxygen atoms in total. The van der Waals surface area contributed by atoms with E-state index in [0.29, 0.717) is 30.8 Å². The number of hydrazine groups is 1. The van der Waals surface area contributed by atoms with Gasteiger partial charge in [0.05, 0.1) is 8.66 Å². The summed E-state index contributed by atoms with van der Waals surface area (Å²) in [6.45, 7) is 1.89. The van der Waals surface area contributed by atoms with Crippen molar-refractivity contribution in [2.75, 3.05) is 19.6 Å². The molecule has 1 aliphatic rings. The number of hydrogen-bond acceptors (Lipinski definition) is 4. The topological polar surface area (TPSA) is 90.5 Å². The fourth-order valence-electron chi connectivity index (χ4n) is 2.40. The summed E-state index contributed by atoms with van der Waals surface area (Å²) in [7, 11) is 0. The summed E-state index contributed by atoms with van der Waals surface area (Å²) in [5.41, 5.74) is 4.65. The molecule has 2 rings (SSSR count). The smallest absolute Gasteiger partial charge is 0.333 e. The zero-order chi connectivity index (χ0) is 17.4. The second-order valence-corrected chi connectivity index (χ2v) is 7.95. The van der Waals surface area contributed by atoms with E-state index in [9.17, 15) is 14.4 Å². The van der Waals surface area contributed by atoms with Gasteiger partial charge in [0.2, 0.25) is 5.91 Å². The summed E-state index contributed by atoms with van der Waals surface area (Å²) in [4.78, 5) is 37.6. The number of carbonyl (C=O) groups excluding carboxylic acids is 3. The van der Waals surface area contributed by atoms with Crippen molar-refractivity contribution >= 4 is 45.1 Å². The average Bonchev–Trinajstić information content (AvgIpc) is 2.89. The Bertz CT molecular complexity index is 593. The molecule has 0 bridgehead atoms. The first-order valence-electron chi connectivity index (χ1n) is 7.93. The molecule has 0 unspecified atom stereocenters. The molecule has 4 amide bonds. The van der Waals surface area contributed by atoms with Crippen LogP contribution < -0.4 is 16.2 Å². The largest absolute Gasteiger partial charge is 0.343 e. The molecule has 0 radical (unpaired) electrons. The van der Waals surface area contributed by atoms with Gasteiger partial charge in [-0.1, -0.05) is 6.42 Å². The Balaban J connectivity index is 1.59. The summed E-state index contributed by atoms with van der Waals surface area (Å²) >= 11 is 4.56. The van der Waals surface area contributed by atoms with Crippen LogP contribution in [-0.2, 0) is 4.79 Å². The van der Waals surface area contributed by atoms with Crippen LogP contribution in [0.3, 0.4) is 0 Å². The SMILES string of the molecule is O=C(NCCCN1CCCCCC1=O)NNC(=O)c1ccc(Br)s1. The highest BCUT2D eigenvalue weighted by Crippen LogP contribution is 2.21. The van der Waals surface area contributed by atoms with E-state index in [2.05, 4.69) is 32.1 Å². The number of rotatable bonds is 5. The van der Waals surface area contributed by atoms with Gasteiger partial charge in [-0.3, -0.25) is 15.0 Å². The lowest BCUT2D eigenvalue weighted by atomic mass is 10.2. The molecule has 0 spiro atoms. The third kappa shape index (κ3) is 6.12. The van der Waals surface area contributed by atoms with E-state index in [-0.39, 0.29) is 11.8 Å². The van der Waals surface area contributed by atoms with Crippen LogP contribution in [0.4, 0.5) is 4.79 Å². The van der Waals surface area contributed by atoms with Gasteiger partial charge < -0.3 is 10.2 Å². The van der Waals surface area contributed by atoms with Crippen molar-refractivity contribution in [2.24, 2.45) is 0 Å². The number of nitrogens with zero attached hydrogens (tertiary/aromatic N) is 1. The van der Waals surface area contributed by atoms with Crippen molar-refractivity contribution in [3.8, 4) is 0 Å². The third-order valence-corrected chi connectivity index (χ3v) is 5.27. The number of thiophene rings is 1. The van der Waals surface area contributed by atoms with Gasteiger partial charge in [-0.15, -0.1) is 11.3 Å². The molecule has 24 heavy (non-hydrogen) atoms. The van der Waals surface area contributed by atoms with Gasteiger partial charge in [0.15, 0.2) is 0 Å². The van der Waals surface area contributed by atoms with Gasteiger partial charge in [-0.25, -0.2) is 10.2 Å². The van der Waals surface area contributed by atoms with Crippen LogP contribution in [-0.4, -0.2) is 42.4 Å². The number of likely N-dealkylation sites (tertiary alicyclic amines) is 1. The Hall–Kier alpha value is -1.61. The van der Waals surface area contributed by atoms with Gasteiger partial charge in [-0.05, 0) is 47.3 Å².